The summed E-state index contributed by atoms with van der Waals surface area (Å²) < 4.78 is 27.0. The average molecular weight is 340 g/mol. The zero-order valence-electron chi connectivity index (χ0n) is 10.9. The number of amides is 1. The third-order valence-electron chi connectivity index (χ3n) is 2.27. The summed E-state index contributed by atoms with van der Waals surface area (Å²) in [4.78, 5) is 11.5. The van der Waals surface area contributed by atoms with Crippen LogP contribution >= 0.6 is 23.2 Å². The summed E-state index contributed by atoms with van der Waals surface area (Å²) in [5, 5.41) is 3.37. The maximum Gasteiger partial charge on any atom is 0.257 e. The molecule has 0 saturated carbocycles. The molecule has 1 aromatic carbocycles. The molecule has 0 aromatic heterocycles. The number of carbonyl (C=O) groups is 1. The molecule has 0 atom stereocenters. The Labute approximate surface area is 128 Å². The number of halogens is 2. The van der Waals surface area contributed by atoms with Gasteiger partial charge in [-0.05, 0) is 18.6 Å². The van der Waals surface area contributed by atoms with Crippen LogP contribution in [-0.4, -0.2) is 39.5 Å². The van der Waals surface area contributed by atoms with Crippen molar-refractivity contribution in [1.82, 2.24) is 5.32 Å². The van der Waals surface area contributed by atoms with Crippen molar-refractivity contribution in [2.75, 3.05) is 25.2 Å². The van der Waals surface area contributed by atoms with Crippen LogP contribution in [0.5, 0.6) is 5.75 Å². The Morgan fingerprint density at radius 1 is 1.35 bits per heavy atom. The first-order valence-electron chi connectivity index (χ1n) is 5.80. The van der Waals surface area contributed by atoms with Gasteiger partial charge in [0.1, 0.15) is 15.6 Å². The summed E-state index contributed by atoms with van der Waals surface area (Å²) in [5.41, 5.74) is 0. The second kappa shape index (κ2) is 7.71. The maximum atomic E-state index is 11.5. The largest absolute Gasteiger partial charge is 0.482 e. The van der Waals surface area contributed by atoms with Gasteiger partial charge >= 0.3 is 0 Å². The van der Waals surface area contributed by atoms with Crippen LogP contribution in [0.15, 0.2) is 18.2 Å². The number of benzene rings is 1. The van der Waals surface area contributed by atoms with Gasteiger partial charge in [-0.15, -0.1) is 0 Å². The van der Waals surface area contributed by atoms with Crippen molar-refractivity contribution in [3.05, 3.63) is 28.2 Å². The lowest BCUT2D eigenvalue weighted by Crippen LogP contribution is -2.30. The molecule has 8 heteroatoms. The van der Waals surface area contributed by atoms with Gasteiger partial charge in [-0.3, -0.25) is 4.79 Å². The van der Waals surface area contributed by atoms with Gasteiger partial charge in [0.15, 0.2) is 6.61 Å². The lowest BCUT2D eigenvalue weighted by Gasteiger charge is -2.09. The summed E-state index contributed by atoms with van der Waals surface area (Å²) in [6, 6.07) is 4.70. The van der Waals surface area contributed by atoms with Gasteiger partial charge in [-0.1, -0.05) is 23.2 Å². The lowest BCUT2D eigenvalue weighted by molar-refractivity contribution is -0.123. The molecule has 0 aliphatic heterocycles. The highest BCUT2D eigenvalue weighted by atomic mass is 35.5. The van der Waals surface area contributed by atoms with E-state index < -0.39 is 9.84 Å². The van der Waals surface area contributed by atoms with Gasteiger partial charge in [0.2, 0.25) is 0 Å². The average Bonchev–Trinajstić information content (AvgIpc) is 2.34. The van der Waals surface area contributed by atoms with Crippen molar-refractivity contribution < 1.29 is 17.9 Å². The number of nitrogens with one attached hydrogen (secondary N) is 1. The minimum absolute atomic E-state index is 0.0360. The molecule has 112 valence electrons. The van der Waals surface area contributed by atoms with E-state index in [1.807, 2.05) is 0 Å². The zero-order chi connectivity index (χ0) is 15.2. The van der Waals surface area contributed by atoms with E-state index in [2.05, 4.69) is 5.32 Å². The van der Waals surface area contributed by atoms with Crippen molar-refractivity contribution in [3.63, 3.8) is 0 Å². The van der Waals surface area contributed by atoms with Crippen LogP contribution in [0, 0.1) is 0 Å². The van der Waals surface area contributed by atoms with Crippen molar-refractivity contribution in [2.45, 2.75) is 6.42 Å². The maximum absolute atomic E-state index is 11.5. The molecule has 0 radical (unpaired) electrons. The number of sulfone groups is 1. The minimum atomic E-state index is -3.00. The Morgan fingerprint density at radius 2 is 2.05 bits per heavy atom. The number of rotatable bonds is 7. The summed E-state index contributed by atoms with van der Waals surface area (Å²) in [6.07, 6.45) is 1.52. The molecule has 1 aromatic rings. The predicted molar refractivity (Wildman–Crippen MR) is 79.3 cm³/mol. The molecular formula is C12H15Cl2NO4S. The molecule has 0 aliphatic carbocycles. The molecular weight excluding hydrogens is 325 g/mol. The first-order chi connectivity index (χ1) is 9.28. The molecule has 0 heterocycles. The highest BCUT2D eigenvalue weighted by Crippen LogP contribution is 2.27. The van der Waals surface area contributed by atoms with Crippen LogP contribution in [0.3, 0.4) is 0 Å². The van der Waals surface area contributed by atoms with E-state index in [0.29, 0.717) is 22.2 Å². The standard InChI is InChI=1S/C12H15Cl2NO4S/c1-20(17,18)6-2-5-15-12(16)8-19-11-7-9(13)3-4-10(11)14/h3-4,7H,2,5-6,8H2,1H3,(H,15,16). The summed E-state index contributed by atoms with van der Waals surface area (Å²) in [5.74, 6) is 0.00819. The van der Waals surface area contributed by atoms with Gasteiger partial charge in [-0.2, -0.15) is 0 Å². The van der Waals surface area contributed by atoms with Crippen molar-refractivity contribution in [1.29, 1.82) is 0 Å². The number of carbonyl (C=O) groups excluding carboxylic acids is 1. The lowest BCUT2D eigenvalue weighted by atomic mass is 10.3. The fraction of sp³-hybridized carbons (Fsp3) is 0.417. The molecule has 1 amide bonds. The van der Waals surface area contributed by atoms with Crippen LogP contribution in [0.2, 0.25) is 10.0 Å². The van der Waals surface area contributed by atoms with E-state index in [0.717, 1.165) is 6.26 Å². The van der Waals surface area contributed by atoms with Crippen LogP contribution < -0.4 is 10.1 Å². The van der Waals surface area contributed by atoms with Gasteiger partial charge in [0.25, 0.3) is 5.91 Å². The topological polar surface area (TPSA) is 72.5 Å². The van der Waals surface area contributed by atoms with Crippen molar-refractivity contribution in [3.8, 4) is 5.75 Å². The van der Waals surface area contributed by atoms with Gasteiger partial charge < -0.3 is 10.1 Å². The number of ether oxygens (including phenoxy) is 1. The molecule has 0 spiro atoms. The predicted octanol–water partition coefficient (Wildman–Crippen LogP) is 1.92. The molecule has 0 unspecified atom stereocenters. The van der Waals surface area contributed by atoms with E-state index >= 15 is 0 Å². The fourth-order valence-electron chi connectivity index (χ4n) is 1.34. The Kier molecular flexibility index (Phi) is 6.58. The summed E-state index contributed by atoms with van der Waals surface area (Å²) in [7, 11) is -3.00. The minimum Gasteiger partial charge on any atom is -0.482 e. The van der Waals surface area contributed by atoms with Crippen LogP contribution in [0.4, 0.5) is 0 Å². The zero-order valence-corrected chi connectivity index (χ0v) is 13.2. The first kappa shape index (κ1) is 17.1. The first-order valence-corrected chi connectivity index (χ1v) is 8.62. The number of hydrogen-bond acceptors (Lipinski definition) is 4. The molecule has 0 saturated heterocycles. The van der Waals surface area contributed by atoms with Crippen LogP contribution in [-0.2, 0) is 14.6 Å². The van der Waals surface area contributed by atoms with Gasteiger partial charge in [0, 0.05) is 23.9 Å². The van der Waals surface area contributed by atoms with Crippen LogP contribution in [0.25, 0.3) is 0 Å². The SMILES string of the molecule is CS(=O)(=O)CCCNC(=O)COc1cc(Cl)ccc1Cl. The van der Waals surface area contributed by atoms with E-state index in [-0.39, 0.29) is 24.8 Å². The van der Waals surface area contributed by atoms with E-state index in [9.17, 15) is 13.2 Å². The van der Waals surface area contributed by atoms with Crippen molar-refractivity contribution in [2.24, 2.45) is 0 Å². The quantitative estimate of drug-likeness (QED) is 0.770. The van der Waals surface area contributed by atoms with Crippen molar-refractivity contribution >= 4 is 38.9 Å². The second-order valence-electron chi connectivity index (χ2n) is 4.20. The normalized spacial score (nSPS) is 11.2. The molecule has 5 nitrogen and oxygen atoms in total. The molecule has 0 aliphatic rings. The Hall–Kier alpha value is -0.980. The Bertz CT molecular complexity index is 575. The highest BCUT2D eigenvalue weighted by molar-refractivity contribution is 7.90. The molecule has 1 N–H and O–H groups in total. The third kappa shape index (κ3) is 6.98. The Balaban J connectivity index is 2.31. The van der Waals surface area contributed by atoms with E-state index in [1.165, 1.54) is 6.07 Å². The monoisotopic (exact) mass is 339 g/mol. The third-order valence-corrected chi connectivity index (χ3v) is 3.84. The van der Waals surface area contributed by atoms with Gasteiger partial charge in [0.05, 0.1) is 10.8 Å². The van der Waals surface area contributed by atoms with Gasteiger partial charge in [-0.25, -0.2) is 8.42 Å². The highest BCUT2D eigenvalue weighted by Gasteiger charge is 2.07. The molecule has 1 rings (SSSR count). The molecule has 0 bridgehead atoms. The fourth-order valence-corrected chi connectivity index (χ4v) is 2.35. The summed E-state index contributed by atoms with van der Waals surface area (Å²) >= 11 is 11.7. The Morgan fingerprint density at radius 3 is 2.70 bits per heavy atom. The molecule has 0 fully saturated rings. The molecule has 20 heavy (non-hydrogen) atoms. The number of hydrogen-bond donors (Lipinski definition) is 1. The smallest absolute Gasteiger partial charge is 0.257 e. The van der Waals surface area contributed by atoms with E-state index in [1.54, 1.807) is 12.1 Å². The van der Waals surface area contributed by atoms with Crippen LogP contribution in [0.1, 0.15) is 6.42 Å². The second-order valence-corrected chi connectivity index (χ2v) is 7.30. The summed E-state index contributed by atoms with van der Waals surface area (Å²) in [6.45, 7) is 0.0669. The van der Waals surface area contributed by atoms with E-state index in [4.69, 9.17) is 27.9 Å².